The molecule has 0 aromatic heterocycles. The summed E-state index contributed by atoms with van der Waals surface area (Å²) in [5, 5.41) is 3.40. The summed E-state index contributed by atoms with van der Waals surface area (Å²) < 4.78 is 10.8. The van der Waals surface area contributed by atoms with E-state index in [2.05, 4.69) is 31.3 Å². The van der Waals surface area contributed by atoms with Gasteiger partial charge >= 0.3 is 0 Å². The number of benzene rings is 1. The molecule has 0 amide bonds. The minimum absolute atomic E-state index is 0.387. The van der Waals surface area contributed by atoms with Crippen LogP contribution in [-0.4, -0.2) is 32.9 Å². The van der Waals surface area contributed by atoms with Crippen LogP contribution in [0.15, 0.2) is 24.3 Å². The molecule has 1 aromatic carbocycles. The fourth-order valence-corrected chi connectivity index (χ4v) is 1.64. The SMILES string of the molecule is CCCNC(C)COc1ccc(CCOC)cc1. The average molecular weight is 251 g/mol. The summed E-state index contributed by atoms with van der Waals surface area (Å²) in [6, 6.07) is 8.63. The Morgan fingerprint density at radius 1 is 1.22 bits per heavy atom. The molecule has 1 atom stereocenters. The van der Waals surface area contributed by atoms with Gasteiger partial charge in [0.25, 0.3) is 0 Å². The molecule has 0 fully saturated rings. The predicted octanol–water partition coefficient (Wildman–Crippen LogP) is 2.64. The molecule has 0 heterocycles. The Balaban J connectivity index is 2.30. The largest absolute Gasteiger partial charge is 0.492 e. The van der Waals surface area contributed by atoms with Crippen LogP contribution in [0.25, 0.3) is 0 Å². The van der Waals surface area contributed by atoms with Crippen LogP contribution >= 0.6 is 0 Å². The zero-order chi connectivity index (χ0) is 13.2. The molecule has 0 bridgehead atoms. The van der Waals surface area contributed by atoms with Gasteiger partial charge in [-0.2, -0.15) is 0 Å². The summed E-state index contributed by atoms with van der Waals surface area (Å²) in [7, 11) is 1.72. The normalized spacial score (nSPS) is 12.4. The molecule has 18 heavy (non-hydrogen) atoms. The summed E-state index contributed by atoms with van der Waals surface area (Å²) in [6.07, 6.45) is 2.10. The maximum Gasteiger partial charge on any atom is 0.119 e. The Hall–Kier alpha value is -1.06. The Bertz CT molecular complexity index is 311. The minimum Gasteiger partial charge on any atom is -0.492 e. The lowest BCUT2D eigenvalue weighted by Crippen LogP contribution is -2.32. The predicted molar refractivity (Wildman–Crippen MR) is 75.3 cm³/mol. The monoisotopic (exact) mass is 251 g/mol. The van der Waals surface area contributed by atoms with Crippen molar-refractivity contribution < 1.29 is 9.47 Å². The van der Waals surface area contributed by atoms with Gasteiger partial charge in [-0.15, -0.1) is 0 Å². The average Bonchev–Trinajstić information content (AvgIpc) is 2.41. The van der Waals surface area contributed by atoms with Gasteiger partial charge in [0, 0.05) is 13.2 Å². The molecule has 0 aliphatic rings. The van der Waals surface area contributed by atoms with Gasteiger partial charge in [-0.1, -0.05) is 19.1 Å². The van der Waals surface area contributed by atoms with Gasteiger partial charge in [0.2, 0.25) is 0 Å². The number of ether oxygens (including phenoxy) is 2. The van der Waals surface area contributed by atoms with Crippen molar-refractivity contribution in [2.24, 2.45) is 0 Å². The van der Waals surface area contributed by atoms with E-state index < -0.39 is 0 Å². The number of hydrogen-bond acceptors (Lipinski definition) is 3. The van der Waals surface area contributed by atoms with Crippen molar-refractivity contribution in [3.63, 3.8) is 0 Å². The zero-order valence-electron chi connectivity index (χ0n) is 11.7. The molecule has 0 aliphatic carbocycles. The summed E-state index contributed by atoms with van der Waals surface area (Å²) >= 11 is 0. The second-order valence-corrected chi connectivity index (χ2v) is 4.55. The molecule has 1 unspecified atom stereocenters. The third kappa shape index (κ3) is 6.03. The third-order valence-electron chi connectivity index (χ3n) is 2.76. The first-order valence-corrected chi connectivity index (χ1v) is 6.70. The topological polar surface area (TPSA) is 30.5 Å². The van der Waals surface area contributed by atoms with Crippen molar-refractivity contribution in [1.29, 1.82) is 0 Å². The second-order valence-electron chi connectivity index (χ2n) is 4.55. The maximum atomic E-state index is 5.73. The van der Waals surface area contributed by atoms with Gasteiger partial charge in [-0.05, 0) is 44.0 Å². The molecule has 0 aliphatic heterocycles. The van der Waals surface area contributed by atoms with Crippen molar-refractivity contribution in [2.75, 3.05) is 26.9 Å². The fraction of sp³-hybridized carbons (Fsp3) is 0.600. The molecule has 1 aromatic rings. The molecule has 1 N–H and O–H groups in total. The molecule has 102 valence electrons. The van der Waals surface area contributed by atoms with Gasteiger partial charge in [0.1, 0.15) is 12.4 Å². The summed E-state index contributed by atoms with van der Waals surface area (Å²) in [4.78, 5) is 0. The second kappa shape index (κ2) is 8.95. The van der Waals surface area contributed by atoms with Crippen LogP contribution in [0.4, 0.5) is 0 Å². The van der Waals surface area contributed by atoms with E-state index in [1.54, 1.807) is 7.11 Å². The molecular weight excluding hydrogens is 226 g/mol. The van der Waals surface area contributed by atoms with Gasteiger partial charge in [0.05, 0.1) is 6.61 Å². The van der Waals surface area contributed by atoms with E-state index in [9.17, 15) is 0 Å². The third-order valence-corrected chi connectivity index (χ3v) is 2.76. The van der Waals surface area contributed by atoms with Gasteiger partial charge < -0.3 is 14.8 Å². The summed E-state index contributed by atoms with van der Waals surface area (Å²) in [5.74, 6) is 0.932. The first-order valence-electron chi connectivity index (χ1n) is 6.70. The van der Waals surface area contributed by atoms with Gasteiger partial charge in [-0.3, -0.25) is 0 Å². The number of hydrogen-bond donors (Lipinski definition) is 1. The lowest BCUT2D eigenvalue weighted by molar-refractivity contribution is 0.202. The number of nitrogens with one attached hydrogen (secondary N) is 1. The van der Waals surface area contributed by atoms with E-state index >= 15 is 0 Å². The minimum atomic E-state index is 0.387. The van der Waals surface area contributed by atoms with E-state index in [4.69, 9.17) is 9.47 Å². The Labute approximate surface area is 110 Å². The van der Waals surface area contributed by atoms with Crippen LogP contribution in [0, 0.1) is 0 Å². The maximum absolute atomic E-state index is 5.73. The zero-order valence-corrected chi connectivity index (χ0v) is 11.7. The molecule has 3 heteroatoms. The van der Waals surface area contributed by atoms with E-state index in [0.717, 1.165) is 31.7 Å². The molecule has 0 saturated heterocycles. The lowest BCUT2D eigenvalue weighted by atomic mass is 10.1. The highest BCUT2D eigenvalue weighted by Crippen LogP contribution is 2.12. The van der Waals surface area contributed by atoms with Crippen LogP contribution in [0.5, 0.6) is 5.75 Å². The molecular formula is C15H25NO2. The van der Waals surface area contributed by atoms with Gasteiger partial charge in [-0.25, -0.2) is 0 Å². The van der Waals surface area contributed by atoms with Crippen molar-refractivity contribution in [2.45, 2.75) is 32.7 Å². The Kier molecular flexibility index (Phi) is 7.46. The number of methoxy groups -OCH3 is 1. The molecule has 1 rings (SSSR count). The Morgan fingerprint density at radius 2 is 1.94 bits per heavy atom. The van der Waals surface area contributed by atoms with Gasteiger partial charge in [0.15, 0.2) is 0 Å². The molecule has 0 spiro atoms. The van der Waals surface area contributed by atoms with Crippen LogP contribution in [0.3, 0.4) is 0 Å². The fourth-order valence-electron chi connectivity index (χ4n) is 1.64. The first-order chi connectivity index (χ1) is 8.76. The highest BCUT2D eigenvalue weighted by Gasteiger charge is 2.01. The van der Waals surface area contributed by atoms with E-state index in [1.807, 2.05) is 12.1 Å². The molecule has 0 radical (unpaired) electrons. The summed E-state index contributed by atoms with van der Waals surface area (Å²) in [6.45, 7) is 6.82. The van der Waals surface area contributed by atoms with E-state index in [1.165, 1.54) is 5.56 Å². The lowest BCUT2D eigenvalue weighted by Gasteiger charge is -2.14. The standard InChI is InChI=1S/C15H25NO2/c1-4-10-16-13(2)12-18-15-7-5-14(6-8-15)9-11-17-3/h5-8,13,16H,4,9-12H2,1-3H3. The van der Waals surface area contributed by atoms with E-state index in [0.29, 0.717) is 12.6 Å². The van der Waals surface area contributed by atoms with Crippen LogP contribution < -0.4 is 10.1 Å². The molecule has 0 saturated carbocycles. The Morgan fingerprint density at radius 3 is 2.56 bits per heavy atom. The summed E-state index contributed by atoms with van der Waals surface area (Å²) in [5.41, 5.74) is 1.28. The van der Waals surface area contributed by atoms with Crippen molar-refractivity contribution >= 4 is 0 Å². The quantitative estimate of drug-likeness (QED) is 0.732. The number of rotatable bonds is 9. The highest BCUT2D eigenvalue weighted by atomic mass is 16.5. The van der Waals surface area contributed by atoms with Crippen LogP contribution in [0.2, 0.25) is 0 Å². The van der Waals surface area contributed by atoms with Crippen molar-refractivity contribution in [3.8, 4) is 5.75 Å². The van der Waals surface area contributed by atoms with Crippen LogP contribution in [0.1, 0.15) is 25.8 Å². The van der Waals surface area contributed by atoms with Crippen molar-refractivity contribution in [3.05, 3.63) is 29.8 Å². The molecule has 3 nitrogen and oxygen atoms in total. The highest BCUT2D eigenvalue weighted by molar-refractivity contribution is 5.27. The van der Waals surface area contributed by atoms with Crippen molar-refractivity contribution in [1.82, 2.24) is 5.32 Å². The van der Waals surface area contributed by atoms with E-state index in [-0.39, 0.29) is 0 Å². The van der Waals surface area contributed by atoms with Crippen LogP contribution in [-0.2, 0) is 11.2 Å². The first kappa shape index (κ1) is 15.0. The smallest absolute Gasteiger partial charge is 0.119 e.